The highest BCUT2D eigenvalue weighted by atomic mass is 16.5. The second kappa shape index (κ2) is 6.59. The van der Waals surface area contributed by atoms with E-state index in [0.29, 0.717) is 22.9 Å². The van der Waals surface area contributed by atoms with Gasteiger partial charge in [0, 0.05) is 29.6 Å². The average Bonchev–Trinajstić information content (AvgIpc) is 3.47. The normalized spacial score (nSPS) is 13.4. The van der Waals surface area contributed by atoms with Gasteiger partial charge in [-0.25, -0.2) is 4.79 Å². The molecule has 1 fully saturated rings. The Labute approximate surface area is 151 Å². The highest BCUT2D eigenvalue weighted by molar-refractivity contribution is 6.04. The number of anilines is 1. The standard InChI is InChI=1S/C21H18N2O3/c1-13(24)22-15-8-10-16(11-9-15)26-21(25)18-12-20(14-6-7-14)23-19-5-3-2-4-17(18)19/h2-5,8-12,14H,6-7H2,1H3,(H,22,24). The van der Waals surface area contributed by atoms with Gasteiger partial charge in [0.25, 0.3) is 0 Å². The Kier molecular flexibility index (Phi) is 4.13. The number of aromatic nitrogens is 1. The number of para-hydroxylation sites is 1. The van der Waals surface area contributed by atoms with Crippen molar-refractivity contribution in [3.05, 3.63) is 65.9 Å². The number of amides is 1. The van der Waals surface area contributed by atoms with Crippen LogP contribution in [0.5, 0.6) is 5.75 Å². The van der Waals surface area contributed by atoms with E-state index >= 15 is 0 Å². The highest BCUT2D eigenvalue weighted by Gasteiger charge is 2.27. The lowest BCUT2D eigenvalue weighted by Crippen LogP contribution is -2.11. The van der Waals surface area contributed by atoms with Crippen LogP contribution in [0, 0.1) is 0 Å². The van der Waals surface area contributed by atoms with Gasteiger partial charge < -0.3 is 10.1 Å². The Bertz CT molecular complexity index is 992. The lowest BCUT2D eigenvalue weighted by molar-refractivity contribution is -0.114. The van der Waals surface area contributed by atoms with Crippen LogP contribution in [0.15, 0.2) is 54.6 Å². The fraction of sp³-hybridized carbons (Fsp3) is 0.190. The summed E-state index contributed by atoms with van der Waals surface area (Å²) in [5.41, 5.74) is 2.95. The third-order valence-electron chi connectivity index (χ3n) is 4.34. The molecule has 1 amide bonds. The molecule has 1 saturated carbocycles. The van der Waals surface area contributed by atoms with E-state index < -0.39 is 5.97 Å². The molecule has 0 radical (unpaired) electrons. The van der Waals surface area contributed by atoms with E-state index in [1.165, 1.54) is 6.92 Å². The molecule has 3 aromatic rings. The van der Waals surface area contributed by atoms with Crippen LogP contribution < -0.4 is 10.1 Å². The zero-order chi connectivity index (χ0) is 18.1. The summed E-state index contributed by atoms with van der Waals surface area (Å²) in [6.07, 6.45) is 2.23. The van der Waals surface area contributed by atoms with Crippen molar-refractivity contribution in [2.45, 2.75) is 25.7 Å². The molecular weight excluding hydrogens is 328 g/mol. The number of hydrogen-bond donors (Lipinski definition) is 1. The Morgan fingerprint density at radius 1 is 1.08 bits per heavy atom. The summed E-state index contributed by atoms with van der Waals surface area (Å²) in [7, 11) is 0. The first kappa shape index (κ1) is 16.3. The first-order chi connectivity index (χ1) is 12.6. The lowest BCUT2D eigenvalue weighted by Gasteiger charge is -2.10. The molecule has 1 aliphatic carbocycles. The summed E-state index contributed by atoms with van der Waals surface area (Å²) in [6.45, 7) is 1.44. The number of ether oxygens (including phenoxy) is 1. The van der Waals surface area contributed by atoms with Crippen molar-refractivity contribution < 1.29 is 14.3 Å². The summed E-state index contributed by atoms with van der Waals surface area (Å²) < 4.78 is 5.54. The number of fused-ring (bicyclic) bond motifs is 1. The number of rotatable bonds is 4. The van der Waals surface area contributed by atoms with Gasteiger partial charge in [-0.05, 0) is 49.2 Å². The lowest BCUT2D eigenvalue weighted by atomic mass is 10.1. The van der Waals surface area contributed by atoms with Crippen LogP contribution >= 0.6 is 0 Å². The smallest absolute Gasteiger partial charge is 0.344 e. The van der Waals surface area contributed by atoms with E-state index in [2.05, 4.69) is 10.3 Å². The summed E-state index contributed by atoms with van der Waals surface area (Å²) in [6, 6.07) is 16.2. The Balaban J connectivity index is 1.62. The average molecular weight is 346 g/mol. The predicted octanol–water partition coefficient (Wildman–Crippen LogP) is 4.29. The second-order valence-electron chi connectivity index (χ2n) is 6.48. The molecule has 5 heteroatoms. The molecule has 1 aliphatic rings. The third kappa shape index (κ3) is 3.42. The van der Waals surface area contributed by atoms with Gasteiger partial charge in [0.2, 0.25) is 5.91 Å². The van der Waals surface area contributed by atoms with Gasteiger partial charge in [0.1, 0.15) is 5.75 Å². The van der Waals surface area contributed by atoms with Gasteiger partial charge >= 0.3 is 5.97 Å². The third-order valence-corrected chi connectivity index (χ3v) is 4.34. The van der Waals surface area contributed by atoms with E-state index in [1.807, 2.05) is 30.3 Å². The maximum absolute atomic E-state index is 12.8. The molecule has 0 unspecified atom stereocenters. The van der Waals surface area contributed by atoms with Crippen molar-refractivity contribution in [1.82, 2.24) is 4.98 Å². The van der Waals surface area contributed by atoms with Crippen LogP contribution in [-0.4, -0.2) is 16.9 Å². The molecule has 4 rings (SSSR count). The number of carbonyl (C=O) groups is 2. The fourth-order valence-electron chi connectivity index (χ4n) is 2.92. The van der Waals surface area contributed by atoms with Crippen molar-refractivity contribution in [3.63, 3.8) is 0 Å². The monoisotopic (exact) mass is 346 g/mol. The number of hydrogen-bond acceptors (Lipinski definition) is 4. The van der Waals surface area contributed by atoms with Crippen LogP contribution in [0.4, 0.5) is 5.69 Å². The van der Waals surface area contributed by atoms with E-state index in [4.69, 9.17) is 4.74 Å². The number of nitrogens with zero attached hydrogens (tertiary/aromatic N) is 1. The zero-order valence-corrected chi connectivity index (χ0v) is 14.4. The Hall–Kier alpha value is -3.21. The predicted molar refractivity (Wildman–Crippen MR) is 99.4 cm³/mol. The van der Waals surface area contributed by atoms with Crippen LogP contribution in [0.3, 0.4) is 0 Å². The van der Waals surface area contributed by atoms with Gasteiger partial charge in [-0.3, -0.25) is 9.78 Å². The summed E-state index contributed by atoms with van der Waals surface area (Å²) in [5, 5.41) is 3.47. The molecular formula is C21H18N2O3. The quantitative estimate of drug-likeness (QED) is 0.565. The Morgan fingerprint density at radius 2 is 1.81 bits per heavy atom. The summed E-state index contributed by atoms with van der Waals surface area (Å²) in [4.78, 5) is 28.5. The molecule has 0 atom stereocenters. The van der Waals surface area contributed by atoms with Crippen LogP contribution in [0.2, 0.25) is 0 Å². The number of benzene rings is 2. The maximum atomic E-state index is 12.8. The fourth-order valence-corrected chi connectivity index (χ4v) is 2.92. The van der Waals surface area contributed by atoms with Crippen molar-refractivity contribution in [2.24, 2.45) is 0 Å². The molecule has 26 heavy (non-hydrogen) atoms. The molecule has 0 saturated heterocycles. The molecule has 0 aliphatic heterocycles. The van der Waals surface area contributed by atoms with Gasteiger partial charge in [0.05, 0.1) is 11.1 Å². The van der Waals surface area contributed by atoms with Crippen molar-refractivity contribution in [3.8, 4) is 5.75 Å². The number of esters is 1. The van der Waals surface area contributed by atoms with Gasteiger partial charge in [-0.1, -0.05) is 18.2 Å². The minimum Gasteiger partial charge on any atom is -0.423 e. The summed E-state index contributed by atoms with van der Waals surface area (Å²) in [5.74, 6) is 0.324. The first-order valence-corrected chi connectivity index (χ1v) is 8.59. The van der Waals surface area contributed by atoms with Gasteiger partial charge in [-0.2, -0.15) is 0 Å². The van der Waals surface area contributed by atoms with Crippen LogP contribution in [0.1, 0.15) is 41.7 Å². The molecule has 2 aromatic carbocycles. The van der Waals surface area contributed by atoms with Crippen molar-refractivity contribution >= 4 is 28.5 Å². The topological polar surface area (TPSA) is 68.3 Å². The number of pyridine rings is 1. The minimum absolute atomic E-state index is 0.148. The molecule has 130 valence electrons. The first-order valence-electron chi connectivity index (χ1n) is 8.59. The van der Waals surface area contributed by atoms with Gasteiger partial charge in [-0.15, -0.1) is 0 Å². The maximum Gasteiger partial charge on any atom is 0.344 e. The second-order valence-corrected chi connectivity index (χ2v) is 6.48. The van der Waals surface area contributed by atoms with Crippen LogP contribution in [0.25, 0.3) is 10.9 Å². The van der Waals surface area contributed by atoms with Gasteiger partial charge in [0.15, 0.2) is 0 Å². The van der Waals surface area contributed by atoms with E-state index in [-0.39, 0.29) is 5.91 Å². The van der Waals surface area contributed by atoms with E-state index in [9.17, 15) is 9.59 Å². The van der Waals surface area contributed by atoms with Crippen molar-refractivity contribution in [2.75, 3.05) is 5.32 Å². The van der Waals surface area contributed by atoms with Crippen molar-refractivity contribution in [1.29, 1.82) is 0 Å². The molecule has 1 N–H and O–H groups in total. The molecule has 1 heterocycles. The molecule has 5 nitrogen and oxygen atoms in total. The molecule has 1 aromatic heterocycles. The SMILES string of the molecule is CC(=O)Nc1ccc(OC(=O)c2cc(C3CC3)nc3ccccc23)cc1. The van der Waals surface area contributed by atoms with Crippen LogP contribution in [-0.2, 0) is 4.79 Å². The highest BCUT2D eigenvalue weighted by Crippen LogP contribution is 2.40. The number of carbonyl (C=O) groups excluding carboxylic acids is 2. The van der Waals surface area contributed by atoms with E-state index in [0.717, 1.165) is 29.4 Å². The summed E-state index contributed by atoms with van der Waals surface area (Å²) >= 11 is 0. The largest absolute Gasteiger partial charge is 0.423 e. The Morgan fingerprint density at radius 3 is 2.50 bits per heavy atom. The number of nitrogens with one attached hydrogen (secondary N) is 1. The molecule has 0 spiro atoms. The molecule has 0 bridgehead atoms. The minimum atomic E-state index is -0.405. The van der Waals surface area contributed by atoms with E-state index in [1.54, 1.807) is 24.3 Å². The zero-order valence-electron chi connectivity index (χ0n) is 14.4.